The smallest absolute Gasteiger partial charge is 0.125 e. The molecule has 0 aliphatic heterocycles. The minimum Gasteiger partial charge on any atom is -0.379 e. The van der Waals surface area contributed by atoms with Gasteiger partial charge in [-0.1, -0.05) is 34.6 Å². The van der Waals surface area contributed by atoms with E-state index in [1.54, 1.807) is 24.3 Å². The fourth-order valence-electron chi connectivity index (χ4n) is 1.20. The minimum atomic E-state index is -1.12. The first-order chi connectivity index (χ1) is 7.16. The molecule has 0 unspecified atom stereocenters. The molecule has 1 N–H and O–H groups in total. The number of aliphatic hydroxyl groups is 1. The van der Waals surface area contributed by atoms with Gasteiger partial charge in [0.2, 0.25) is 0 Å². The summed E-state index contributed by atoms with van der Waals surface area (Å²) >= 11 is 3.23. The Labute approximate surface area is 97.3 Å². The number of halogens is 1. The van der Waals surface area contributed by atoms with E-state index < -0.39 is 5.60 Å². The summed E-state index contributed by atoms with van der Waals surface area (Å²) in [5.41, 5.74) is 2.72. The van der Waals surface area contributed by atoms with Crippen LogP contribution in [0.4, 0.5) is 0 Å². The van der Waals surface area contributed by atoms with Gasteiger partial charge in [0.05, 0.1) is 11.6 Å². The van der Waals surface area contributed by atoms with Crippen molar-refractivity contribution in [2.75, 3.05) is 5.33 Å². The number of rotatable bonds is 3. The lowest BCUT2D eigenvalue weighted by molar-refractivity contribution is 0.118. The lowest BCUT2D eigenvalue weighted by Gasteiger charge is -2.21. The molecule has 0 bridgehead atoms. The van der Waals surface area contributed by atoms with Gasteiger partial charge in [-0.3, -0.25) is 0 Å². The molecule has 0 amide bonds. The van der Waals surface area contributed by atoms with Crippen molar-refractivity contribution in [3.8, 4) is 6.07 Å². The van der Waals surface area contributed by atoms with Crippen molar-refractivity contribution in [3.05, 3.63) is 53.8 Å². The second kappa shape index (κ2) is 4.95. The lowest BCUT2D eigenvalue weighted by Crippen LogP contribution is -2.24. The van der Waals surface area contributed by atoms with Gasteiger partial charge in [0.1, 0.15) is 5.60 Å². The second-order valence-corrected chi connectivity index (χ2v) is 3.66. The molecule has 0 spiro atoms. The average Bonchev–Trinajstić information content (AvgIpc) is 2.29. The van der Waals surface area contributed by atoms with E-state index in [4.69, 9.17) is 5.26 Å². The molecule has 0 saturated carbocycles. The summed E-state index contributed by atoms with van der Waals surface area (Å²) in [6.45, 7) is 3.44. The van der Waals surface area contributed by atoms with E-state index in [-0.39, 0.29) is 0 Å². The average molecular weight is 264 g/mol. The summed E-state index contributed by atoms with van der Waals surface area (Å²) in [7, 11) is 0. The van der Waals surface area contributed by atoms with E-state index >= 15 is 0 Å². The van der Waals surface area contributed by atoms with Gasteiger partial charge in [-0.25, -0.2) is 0 Å². The Morgan fingerprint density at radius 3 is 2.47 bits per heavy atom. The second-order valence-electron chi connectivity index (χ2n) is 3.10. The third-order valence-corrected chi connectivity index (χ3v) is 2.91. The zero-order valence-corrected chi connectivity index (χ0v) is 9.66. The highest BCUT2D eigenvalue weighted by atomic mass is 79.9. The summed E-state index contributed by atoms with van der Waals surface area (Å²) in [5.74, 6) is 0. The van der Waals surface area contributed by atoms with Crippen LogP contribution >= 0.6 is 15.9 Å². The quantitative estimate of drug-likeness (QED) is 0.673. The molecule has 0 fully saturated rings. The zero-order valence-electron chi connectivity index (χ0n) is 8.07. The molecule has 0 saturated heterocycles. The van der Waals surface area contributed by atoms with Crippen molar-refractivity contribution in [3.63, 3.8) is 0 Å². The SMILES string of the molecule is C=C=C[C@](O)(CBr)c1ccc(C#N)cc1. The number of nitriles is 1. The molecule has 0 aromatic heterocycles. The van der Waals surface area contributed by atoms with E-state index in [0.717, 1.165) is 0 Å². The Balaban J connectivity index is 3.14. The van der Waals surface area contributed by atoms with E-state index in [1.807, 2.05) is 6.07 Å². The number of nitrogens with zero attached hydrogens (tertiary/aromatic N) is 1. The van der Waals surface area contributed by atoms with Gasteiger partial charge in [0.25, 0.3) is 0 Å². The molecule has 1 aromatic carbocycles. The molecule has 15 heavy (non-hydrogen) atoms. The predicted molar refractivity (Wildman–Crippen MR) is 62.6 cm³/mol. The maximum atomic E-state index is 10.2. The van der Waals surface area contributed by atoms with Gasteiger partial charge in [-0.15, -0.1) is 5.73 Å². The minimum absolute atomic E-state index is 0.356. The van der Waals surface area contributed by atoms with Crippen molar-refractivity contribution in [2.45, 2.75) is 5.60 Å². The van der Waals surface area contributed by atoms with Crippen LogP contribution in [0, 0.1) is 11.3 Å². The summed E-state index contributed by atoms with van der Waals surface area (Å²) in [6.07, 6.45) is 1.49. The van der Waals surface area contributed by atoms with Crippen molar-refractivity contribution < 1.29 is 5.11 Å². The highest BCUT2D eigenvalue weighted by molar-refractivity contribution is 9.09. The molecule has 1 atom stereocenters. The van der Waals surface area contributed by atoms with Crippen LogP contribution in [0.2, 0.25) is 0 Å². The van der Waals surface area contributed by atoms with Crippen molar-refractivity contribution >= 4 is 15.9 Å². The standard InChI is InChI=1S/C12H10BrNO/c1-2-7-12(15,9-13)11-5-3-10(8-14)4-6-11/h3-7,15H,1,9H2/t12-/m0/s1. The molecule has 1 rings (SSSR count). The Hall–Kier alpha value is -1.33. The number of benzene rings is 1. The van der Waals surface area contributed by atoms with E-state index in [2.05, 4.69) is 28.2 Å². The van der Waals surface area contributed by atoms with Gasteiger partial charge in [-0.2, -0.15) is 5.26 Å². The van der Waals surface area contributed by atoms with Crippen LogP contribution in [0.5, 0.6) is 0 Å². The van der Waals surface area contributed by atoms with Crippen molar-refractivity contribution in [1.29, 1.82) is 5.26 Å². The lowest BCUT2D eigenvalue weighted by atomic mass is 9.95. The summed E-state index contributed by atoms with van der Waals surface area (Å²) in [5, 5.41) is 19.2. The molecule has 0 heterocycles. The Kier molecular flexibility index (Phi) is 3.88. The highest BCUT2D eigenvalue weighted by Crippen LogP contribution is 2.24. The van der Waals surface area contributed by atoms with Crippen LogP contribution in [0.15, 0.2) is 42.7 Å². The Bertz CT molecular complexity index is 426. The van der Waals surface area contributed by atoms with Gasteiger partial charge < -0.3 is 5.11 Å². The Morgan fingerprint density at radius 1 is 1.47 bits per heavy atom. The summed E-state index contributed by atoms with van der Waals surface area (Å²) in [4.78, 5) is 0. The van der Waals surface area contributed by atoms with Gasteiger partial charge in [0, 0.05) is 5.33 Å². The number of alkyl halides is 1. The molecule has 0 aliphatic carbocycles. The highest BCUT2D eigenvalue weighted by Gasteiger charge is 2.24. The molecular formula is C12H10BrNO. The topological polar surface area (TPSA) is 44.0 Å². The van der Waals surface area contributed by atoms with Crippen molar-refractivity contribution in [1.82, 2.24) is 0 Å². The van der Waals surface area contributed by atoms with Crippen LogP contribution in [-0.4, -0.2) is 10.4 Å². The molecule has 0 aliphatic rings. The van der Waals surface area contributed by atoms with Crippen LogP contribution < -0.4 is 0 Å². The normalized spacial score (nSPS) is 13.4. The molecule has 1 aromatic rings. The van der Waals surface area contributed by atoms with Gasteiger partial charge in [0.15, 0.2) is 0 Å². The Morgan fingerprint density at radius 2 is 2.07 bits per heavy atom. The maximum absolute atomic E-state index is 10.2. The maximum Gasteiger partial charge on any atom is 0.125 e. The molecular weight excluding hydrogens is 254 g/mol. The molecule has 3 heteroatoms. The van der Waals surface area contributed by atoms with E-state index in [0.29, 0.717) is 16.5 Å². The van der Waals surface area contributed by atoms with Crippen molar-refractivity contribution in [2.24, 2.45) is 0 Å². The third kappa shape index (κ3) is 2.57. The van der Waals surface area contributed by atoms with Crippen LogP contribution in [0.1, 0.15) is 11.1 Å². The summed E-state index contributed by atoms with van der Waals surface area (Å²) in [6, 6.07) is 8.79. The largest absolute Gasteiger partial charge is 0.379 e. The third-order valence-electron chi connectivity index (χ3n) is 2.06. The molecule has 2 nitrogen and oxygen atoms in total. The summed E-state index contributed by atoms with van der Waals surface area (Å²) < 4.78 is 0. The fourth-order valence-corrected chi connectivity index (χ4v) is 1.69. The van der Waals surface area contributed by atoms with E-state index in [9.17, 15) is 5.11 Å². The van der Waals surface area contributed by atoms with E-state index in [1.165, 1.54) is 6.08 Å². The first-order valence-corrected chi connectivity index (χ1v) is 5.44. The van der Waals surface area contributed by atoms with Crippen LogP contribution in [0.3, 0.4) is 0 Å². The first kappa shape index (κ1) is 11.7. The monoisotopic (exact) mass is 263 g/mol. The van der Waals surface area contributed by atoms with Gasteiger partial charge in [-0.05, 0) is 23.8 Å². The zero-order chi connectivity index (χ0) is 11.3. The predicted octanol–water partition coefficient (Wildman–Crippen LogP) is 2.48. The van der Waals surface area contributed by atoms with Gasteiger partial charge >= 0.3 is 0 Å². The molecule has 0 radical (unpaired) electrons. The first-order valence-electron chi connectivity index (χ1n) is 4.32. The number of hydrogen-bond donors (Lipinski definition) is 1. The number of hydrogen-bond acceptors (Lipinski definition) is 2. The van der Waals surface area contributed by atoms with Crippen LogP contribution in [-0.2, 0) is 5.60 Å². The molecule has 76 valence electrons. The van der Waals surface area contributed by atoms with Crippen LogP contribution in [0.25, 0.3) is 0 Å². The fraction of sp³-hybridized carbons (Fsp3) is 0.167.